The number of aryl methyl sites for hydroxylation is 2. The largest absolute Gasteiger partial charge is 0.381 e. The number of halogens is 3. The molecule has 0 bridgehead atoms. The third kappa shape index (κ3) is 8.67. The second-order valence-electron chi connectivity index (χ2n) is 8.48. The van der Waals surface area contributed by atoms with Crippen molar-refractivity contribution < 1.29 is 13.5 Å². The highest BCUT2D eigenvalue weighted by molar-refractivity contribution is 14.2. The first-order valence-corrected chi connectivity index (χ1v) is 18.3. The molecule has 4 aromatic rings. The molecule has 1 aromatic carbocycles. The molecule has 0 spiro atoms. The molecule has 5 rings (SSSR count). The summed E-state index contributed by atoms with van der Waals surface area (Å²) < 4.78 is 33.9. The molecule has 1 saturated heterocycles. The number of rotatable bonds is 7. The second-order valence-corrected chi connectivity index (χ2v) is 11.4. The van der Waals surface area contributed by atoms with E-state index in [1.165, 1.54) is 23.6 Å². The van der Waals surface area contributed by atoms with Crippen molar-refractivity contribution in [2.75, 3.05) is 30.1 Å². The van der Waals surface area contributed by atoms with Gasteiger partial charge in [0.1, 0.15) is 23.0 Å². The van der Waals surface area contributed by atoms with Gasteiger partial charge in [0, 0.05) is 35.9 Å². The molecule has 13 heteroatoms. The monoisotopic (exact) mass is 701 g/mol. The van der Waals surface area contributed by atoms with Gasteiger partial charge in [-0.1, -0.05) is 26.0 Å². The molecule has 2 N–H and O–H groups in total. The first-order chi connectivity index (χ1) is 19.4. The Morgan fingerprint density at radius 3 is 2.23 bits per heavy atom. The summed E-state index contributed by atoms with van der Waals surface area (Å²) in [5.74, 6) is 1.37. The van der Waals surface area contributed by atoms with Crippen molar-refractivity contribution in [1.82, 2.24) is 24.3 Å². The number of thioether (sulfide) groups is 1. The second kappa shape index (κ2) is 16.3. The van der Waals surface area contributed by atoms with Crippen LogP contribution in [0, 0.1) is 13.8 Å². The molecule has 4 heterocycles. The summed E-state index contributed by atoms with van der Waals surface area (Å²) >= 11 is 3.65. The maximum atomic E-state index is 13.7. The van der Waals surface area contributed by atoms with E-state index in [0.717, 1.165) is 29.5 Å². The number of fused-ring (bicyclic) bond motifs is 1. The molecule has 0 radical (unpaired) electrons. The van der Waals surface area contributed by atoms with Crippen LogP contribution in [0.1, 0.15) is 56.9 Å². The number of hydrogen-bond acceptors (Lipinski definition) is 8. The SMILES string of the molecule is C1CCOCC1.CC.CSc1ccccc1Nc1cc(Nc2cc(C)nc(C)n2)nc2c1nc(C(F)F)n2PI. The average Bonchev–Trinajstić information content (AvgIpc) is 3.34. The molecule has 1 atom stereocenters. The fourth-order valence-electron chi connectivity index (χ4n) is 3.95. The maximum absolute atomic E-state index is 13.7. The van der Waals surface area contributed by atoms with Gasteiger partial charge in [0.15, 0.2) is 11.5 Å². The lowest BCUT2D eigenvalue weighted by Gasteiger charge is -2.13. The van der Waals surface area contributed by atoms with Crippen LogP contribution in [0.25, 0.3) is 11.2 Å². The number of imidazole rings is 1. The van der Waals surface area contributed by atoms with E-state index < -0.39 is 6.43 Å². The van der Waals surface area contributed by atoms with Crippen molar-refractivity contribution in [1.29, 1.82) is 0 Å². The number of ether oxygens (including phenoxy) is 1. The molecule has 1 aliphatic heterocycles. The van der Waals surface area contributed by atoms with E-state index in [4.69, 9.17) is 4.74 Å². The molecule has 3 aromatic heterocycles. The summed E-state index contributed by atoms with van der Waals surface area (Å²) in [5, 5.41) is 6.55. The Kier molecular flexibility index (Phi) is 13.2. The van der Waals surface area contributed by atoms with Gasteiger partial charge < -0.3 is 15.4 Å². The molecule has 0 saturated carbocycles. The number of alkyl halides is 2. The number of nitrogens with one attached hydrogen (secondary N) is 2. The van der Waals surface area contributed by atoms with Crippen LogP contribution >= 0.6 is 40.2 Å². The molecule has 40 heavy (non-hydrogen) atoms. The molecule has 1 aliphatic rings. The highest BCUT2D eigenvalue weighted by atomic mass is 127. The normalized spacial score (nSPS) is 13.1. The van der Waals surface area contributed by atoms with E-state index in [9.17, 15) is 8.78 Å². The molecular formula is C27H35F2IN7OPS. The van der Waals surface area contributed by atoms with E-state index in [1.807, 2.05) is 58.2 Å². The Labute approximate surface area is 253 Å². The van der Waals surface area contributed by atoms with Crippen LogP contribution in [-0.4, -0.2) is 43.7 Å². The van der Waals surface area contributed by atoms with Crippen molar-refractivity contribution in [3.63, 3.8) is 0 Å². The van der Waals surface area contributed by atoms with Gasteiger partial charge in [-0.3, -0.25) is 4.34 Å². The van der Waals surface area contributed by atoms with Crippen LogP contribution in [0.5, 0.6) is 0 Å². The van der Waals surface area contributed by atoms with Crippen LogP contribution in [0.2, 0.25) is 0 Å². The van der Waals surface area contributed by atoms with Crippen LogP contribution in [0.15, 0.2) is 41.3 Å². The Morgan fingerprint density at radius 2 is 1.65 bits per heavy atom. The first kappa shape index (κ1) is 32.4. The van der Waals surface area contributed by atoms with Crippen molar-refractivity contribution in [3.05, 3.63) is 53.7 Å². The molecule has 0 amide bonds. The van der Waals surface area contributed by atoms with Crippen molar-refractivity contribution >= 4 is 74.4 Å². The first-order valence-electron chi connectivity index (χ1n) is 13.0. The van der Waals surface area contributed by atoms with Crippen molar-refractivity contribution in [2.45, 2.75) is 58.3 Å². The number of benzene rings is 1. The predicted octanol–water partition coefficient (Wildman–Crippen LogP) is 8.99. The van der Waals surface area contributed by atoms with Crippen molar-refractivity contribution in [3.8, 4) is 0 Å². The molecule has 8 nitrogen and oxygen atoms in total. The lowest BCUT2D eigenvalue weighted by Crippen LogP contribution is -2.03. The fraction of sp³-hybridized carbons (Fsp3) is 0.407. The summed E-state index contributed by atoms with van der Waals surface area (Å²) in [6.45, 7) is 9.69. The van der Waals surface area contributed by atoms with Gasteiger partial charge >= 0.3 is 0 Å². The Bertz CT molecular complexity index is 1360. The zero-order valence-electron chi connectivity index (χ0n) is 23.3. The molecule has 1 unspecified atom stereocenters. The minimum Gasteiger partial charge on any atom is -0.381 e. The van der Waals surface area contributed by atoms with Crippen LogP contribution in [0.3, 0.4) is 0 Å². The minimum atomic E-state index is -2.71. The molecule has 216 valence electrons. The minimum absolute atomic E-state index is 0.0186. The van der Waals surface area contributed by atoms with Crippen molar-refractivity contribution in [2.24, 2.45) is 0 Å². The average molecular weight is 702 g/mol. The lowest BCUT2D eigenvalue weighted by atomic mass is 10.2. The number of hydrogen-bond donors (Lipinski definition) is 2. The van der Waals surface area contributed by atoms with Gasteiger partial charge in [-0.05, 0) is 73.5 Å². The topological polar surface area (TPSA) is 89.8 Å². The number of aromatic nitrogens is 5. The zero-order chi connectivity index (χ0) is 29.1. The van der Waals surface area contributed by atoms with Crippen LogP contribution in [0.4, 0.5) is 31.8 Å². The van der Waals surface area contributed by atoms with Gasteiger partial charge in [0.25, 0.3) is 6.43 Å². The summed E-state index contributed by atoms with van der Waals surface area (Å²) in [6.07, 6.45) is 3.22. The fourth-order valence-corrected chi connectivity index (χ4v) is 6.40. The van der Waals surface area contributed by atoms with E-state index >= 15 is 0 Å². The molecular weight excluding hydrogens is 666 g/mol. The van der Waals surface area contributed by atoms with E-state index in [0.29, 0.717) is 34.3 Å². The van der Waals surface area contributed by atoms with E-state index in [-0.39, 0.29) is 12.2 Å². The predicted molar refractivity (Wildman–Crippen MR) is 173 cm³/mol. The quantitative estimate of drug-likeness (QED) is 0.112. The standard InChI is InChI=1S/C20H19F2IN7PS.C5H10O.C2H6/c1-10-8-15(25-11(2)24-10)27-16-9-13(26-12-6-4-5-7-14(12)32-3)17-19(28-16)30(31-23)20(29-17)18(21)22;1-2-4-6-5-3-1;1-2/h4-9,18,31H,1-3H3,(H2,24,25,26,27,28);1-5H2;1-2H3. The van der Waals surface area contributed by atoms with Crippen LogP contribution < -0.4 is 10.6 Å². The molecule has 0 aliphatic carbocycles. The highest BCUT2D eigenvalue weighted by Crippen LogP contribution is 2.39. The Hall–Kier alpha value is -2.15. The third-order valence-corrected chi connectivity index (χ3v) is 8.45. The number of pyridine rings is 1. The maximum Gasteiger partial charge on any atom is 0.295 e. The summed E-state index contributed by atoms with van der Waals surface area (Å²) in [5.41, 5.74) is 3.02. The van der Waals surface area contributed by atoms with Gasteiger partial charge in [-0.25, -0.2) is 28.7 Å². The summed E-state index contributed by atoms with van der Waals surface area (Å²) in [4.78, 5) is 18.6. The van der Waals surface area contributed by atoms with Gasteiger partial charge in [-0.15, -0.1) is 11.8 Å². The van der Waals surface area contributed by atoms with E-state index in [1.54, 1.807) is 23.9 Å². The number of anilines is 4. The summed E-state index contributed by atoms with van der Waals surface area (Å²) in [6, 6.07) is 11.4. The zero-order valence-corrected chi connectivity index (χ0v) is 27.2. The number of nitrogens with zero attached hydrogens (tertiary/aromatic N) is 5. The molecule has 1 fully saturated rings. The number of para-hydroxylation sites is 1. The summed E-state index contributed by atoms with van der Waals surface area (Å²) in [7, 11) is 0. The lowest BCUT2D eigenvalue weighted by molar-refractivity contribution is 0.0968. The van der Waals surface area contributed by atoms with Gasteiger partial charge in [0.2, 0.25) is 0 Å². The Balaban J connectivity index is 0.000000481. The third-order valence-electron chi connectivity index (χ3n) is 5.60. The highest BCUT2D eigenvalue weighted by Gasteiger charge is 2.23. The van der Waals surface area contributed by atoms with Gasteiger partial charge in [-0.2, -0.15) is 0 Å². The smallest absolute Gasteiger partial charge is 0.295 e. The Morgan fingerprint density at radius 1 is 0.950 bits per heavy atom. The van der Waals surface area contributed by atoms with Crippen LogP contribution in [-0.2, 0) is 4.74 Å². The van der Waals surface area contributed by atoms with E-state index in [2.05, 4.69) is 52.6 Å². The van der Waals surface area contributed by atoms with Gasteiger partial charge in [0.05, 0.1) is 17.7 Å².